The second kappa shape index (κ2) is 8.98. The normalized spacial score (nSPS) is 10.8. The molecule has 0 atom stereocenters. The van der Waals surface area contributed by atoms with Gasteiger partial charge in [0.15, 0.2) is 0 Å². The summed E-state index contributed by atoms with van der Waals surface area (Å²) in [5.41, 5.74) is 4.57. The first-order valence-corrected chi connectivity index (χ1v) is 8.86. The summed E-state index contributed by atoms with van der Waals surface area (Å²) in [7, 11) is 0. The maximum Gasteiger partial charge on any atom is 0.250 e. The number of benzene rings is 2. The second-order valence-corrected chi connectivity index (χ2v) is 6.71. The van der Waals surface area contributed by atoms with Crippen LogP contribution >= 0.6 is 39.3 Å². The molecule has 0 aliphatic carbocycles. The number of halogens is 2. The van der Waals surface area contributed by atoms with E-state index in [4.69, 9.17) is 11.6 Å². The predicted octanol–water partition coefficient (Wildman–Crippen LogP) is 4.49. The number of carbonyl (C=O) groups excluding carboxylic acids is 1. The van der Waals surface area contributed by atoms with Gasteiger partial charge in [-0.2, -0.15) is 5.10 Å². The predicted molar refractivity (Wildman–Crippen MR) is 97.5 cm³/mol. The molecule has 2 aromatic rings. The fraction of sp³-hybridized carbons (Fsp3) is 0.125. The lowest BCUT2D eigenvalue weighted by atomic mass is 10.2. The van der Waals surface area contributed by atoms with Gasteiger partial charge in [-0.05, 0) is 23.8 Å². The topological polar surface area (TPSA) is 41.5 Å². The zero-order valence-electron chi connectivity index (χ0n) is 11.6. The highest BCUT2D eigenvalue weighted by atomic mass is 79.9. The van der Waals surface area contributed by atoms with E-state index in [-0.39, 0.29) is 5.91 Å². The van der Waals surface area contributed by atoms with Crippen molar-refractivity contribution in [3.05, 3.63) is 69.2 Å². The summed E-state index contributed by atoms with van der Waals surface area (Å²) < 4.78 is 0.935. The first-order valence-electron chi connectivity index (χ1n) is 6.54. The molecule has 6 heteroatoms. The van der Waals surface area contributed by atoms with Crippen LogP contribution in [0.5, 0.6) is 0 Å². The number of nitrogens with one attached hydrogen (secondary N) is 1. The Morgan fingerprint density at radius 3 is 2.68 bits per heavy atom. The fourth-order valence-electron chi connectivity index (χ4n) is 1.63. The van der Waals surface area contributed by atoms with Crippen molar-refractivity contribution >= 4 is 51.4 Å². The molecule has 2 aromatic carbocycles. The molecule has 0 aromatic heterocycles. The molecule has 114 valence electrons. The van der Waals surface area contributed by atoms with Gasteiger partial charge in [-0.25, -0.2) is 5.43 Å². The van der Waals surface area contributed by atoms with Crippen LogP contribution in [0.4, 0.5) is 0 Å². The van der Waals surface area contributed by atoms with Crippen molar-refractivity contribution in [2.45, 2.75) is 5.75 Å². The summed E-state index contributed by atoms with van der Waals surface area (Å²) in [5.74, 6) is 0.997. The first kappa shape index (κ1) is 17.1. The highest BCUT2D eigenvalue weighted by Crippen LogP contribution is 2.15. The average Bonchev–Trinajstić information content (AvgIpc) is 2.51. The lowest BCUT2D eigenvalue weighted by Crippen LogP contribution is -2.19. The van der Waals surface area contributed by atoms with E-state index in [1.165, 1.54) is 11.8 Å². The molecule has 22 heavy (non-hydrogen) atoms. The highest BCUT2D eigenvalue weighted by molar-refractivity contribution is 9.10. The van der Waals surface area contributed by atoms with Gasteiger partial charge >= 0.3 is 0 Å². The zero-order valence-corrected chi connectivity index (χ0v) is 14.8. The molecule has 0 aliphatic heterocycles. The third kappa shape index (κ3) is 5.83. The lowest BCUT2D eigenvalue weighted by molar-refractivity contribution is -0.118. The lowest BCUT2D eigenvalue weighted by Gasteiger charge is -2.02. The van der Waals surface area contributed by atoms with Crippen LogP contribution in [-0.4, -0.2) is 17.9 Å². The molecule has 0 saturated heterocycles. The van der Waals surface area contributed by atoms with Crippen molar-refractivity contribution in [2.75, 3.05) is 5.75 Å². The Labute approximate surface area is 147 Å². The molecule has 0 saturated carbocycles. The van der Waals surface area contributed by atoms with E-state index in [0.29, 0.717) is 10.8 Å². The van der Waals surface area contributed by atoms with Gasteiger partial charge in [-0.3, -0.25) is 4.79 Å². The van der Waals surface area contributed by atoms with Crippen LogP contribution in [0.1, 0.15) is 11.1 Å². The molecule has 0 heterocycles. The number of hydrogen-bond donors (Lipinski definition) is 1. The van der Waals surface area contributed by atoms with E-state index in [2.05, 4.69) is 26.5 Å². The molecule has 0 bridgehead atoms. The van der Waals surface area contributed by atoms with Gasteiger partial charge in [0.2, 0.25) is 5.91 Å². The summed E-state index contributed by atoms with van der Waals surface area (Å²) >= 11 is 10.8. The number of thioether (sulfide) groups is 1. The van der Waals surface area contributed by atoms with Crippen molar-refractivity contribution in [3.8, 4) is 0 Å². The molecule has 0 fully saturated rings. The molecule has 1 N–H and O–H groups in total. The van der Waals surface area contributed by atoms with Crippen LogP contribution in [0, 0.1) is 0 Å². The molecule has 3 nitrogen and oxygen atoms in total. The highest BCUT2D eigenvalue weighted by Gasteiger charge is 2.01. The molecule has 0 aliphatic rings. The van der Waals surface area contributed by atoms with Crippen LogP contribution < -0.4 is 5.43 Å². The number of carbonyl (C=O) groups is 1. The van der Waals surface area contributed by atoms with Gasteiger partial charge < -0.3 is 0 Å². The zero-order chi connectivity index (χ0) is 15.8. The largest absolute Gasteiger partial charge is 0.272 e. The van der Waals surface area contributed by atoms with E-state index in [9.17, 15) is 4.79 Å². The van der Waals surface area contributed by atoms with Crippen LogP contribution in [0.2, 0.25) is 5.02 Å². The first-order chi connectivity index (χ1) is 10.6. The average molecular weight is 398 g/mol. The number of hydrazone groups is 1. The smallest absolute Gasteiger partial charge is 0.250 e. The summed E-state index contributed by atoms with van der Waals surface area (Å²) in [6.45, 7) is 0. The summed E-state index contributed by atoms with van der Waals surface area (Å²) in [4.78, 5) is 11.7. The van der Waals surface area contributed by atoms with Crippen LogP contribution in [-0.2, 0) is 10.5 Å². The van der Waals surface area contributed by atoms with E-state index >= 15 is 0 Å². The monoisotopic (exact) mass is 396 g/mol. The maximum atomic E-state index is 11.7. The molecule has 0 spiro atoms. The van der Waals surface area contributed by atoms with Crippen LogP contribution in [0.25, 0.3) is 0 Å². The van der Waals surface area contributed by atoms with Crippen molar-refractivity contribution < 1.29 is 4.79 Å². The fourth-order valence-corrected chi connectivity index (χ4v) is 2.92. The van der Waals surface area contributed by atoms with E-state index in [1.807, 2.05) is 48.5 Å². The van der Waals surface area contributed by atoms with Crippen LogP contribution in [0.3, 0.4) is 0 Å². The summed E-state index contributed by atoms with van der Waals surface area (Å²) in [6, 6.07) is 15.3. The Bertz CT molecular complexity index is 661. The Balaban J connectivity index is 1.72. The maximum absolute atomic E-state index is 11.7. The number of nitrogens with zero attached hydrogens (tertiary/aromatic N) is 1. The van der Waals surface area contributed by atoms with Gasteiger partial charge in [0.1, 0.15) is 0 Å². The number of rotatable bonds is 6. The van der Waals surface area contributed by atoms with E-state index in [1.54, 1.807) is 6.21 Å². The van der Waals surface area contributed by atoms with Gasteiger partial charge in [0.25, 0.3) is 0 Å². The Morgan fingerprint density at radius 1 is 1.23 bits per heavy atom. The quantitative estimate of drug-likeness (QED) is 0.576. The summed E-state index contributed by atoms with van der Waals surface area (Å²) in [6.07, 6.45) is 1.62. The minimum absolute atomic E-state index is 0.123. The molecule has 1 amide bonds. The van der Waals surface area contributed by atoms with Gasteiger partial charge in [-0.15, -0.1) is 11.8 Å². The molecular formula is C16H14BrClN2OS. The van der Waals surface area contributed by atoms with E-state index < -0.39 is 0 Å². The number of amides is 1. The van der Waals surface area contributed by atoms with Gasteiger partial charge in [0.05, 0.1) is 12.0 Å². The molecule has 2 rings (SSSR count). The summed E-state index contributed by atoms with van der Waals surface area (Å²) in [5, 5.41) is 4.67. The second-order valence-electron chi connectivity index (χ2n) is 4.43. The van der Waals surface area contributed by atoms with Crippen molar-refractivity contribution in [2.24, 2.45) is 5.10 Å². The third-order valence-electron chi connectivity index (χ3n) is 2.71. The van der Waals surface area contributed by atoms with Crippen molar-refractivity contribution in [1.29, 1.82) is 0 Å². The molecule has 0 unspecified atom stereocenters. The third-order valence-corrected chi connectivity index (χ3v) is 4.69. The minimum Gasteiger partial charge on any atom is -0.272 e. The van der Waals surface area contributed by atoms with E-state index in [0.717, 1.165) is 21.4 Å². The standard InChI is InChI=1S/C16H14BrClN2OS/c17-15-4-2-1-3-13(15)9-19-20-16(21)11-22-10-12-5-7-14(18)8-6-12/h1-9H,10-11H2,(H,20,21)/b19-9+. The Hall–Kier alpha value is -1.30. The van der Waals surface area contributed by atoms with Crippen molar-refractivity contribution in [1.82, 2.24) is 5.43 Å². The number of hydrogen-bond acceptors (Lipinski definition) is 3. The van der Waals surface area contributed by atoms with Crippen LogP contribution in [0.15, 0.2) is 58.1 Å². The van der Waals surface area contributed by atoms with Gasteiger partial charge in [-0.1, -0.05) is 57.9 Å². The Kier molecular flexibility index (Phi) is 6.96. The van der Waals surface area contributed by atoms with Crippen molar-refractivity contribution in [3.63, 3.8) is 0 Å². The Morgan fingerprint density at radius 2 is 1.95 bits per heavy atom. The molecule has 0 radical (unpaired) electrons. The molecular weight excluding hydrogens is 384 g/mol. The minimum atomic E-state index is -0.123. The SMILES string of the molecule is O=C(CSCc1ccc(Cl)cc1)N/N=C/c1ccccc1Br. The van der Waals surface area contributed by atoms with Gasteiger partial charge in [0, 0.05) is 20.8 Å².